The van der Waals surface area contributed by atoms with Crippen molar-refractivity contribution in [3.63, 3.8) is 0 Å². The second kappa shape index (κ2) is 10.9. The van der Waals surface area contributed by atoms with Crippen LogP contribution in [0.15, 0.2) is 60.8 Å². The lowest BCUT2D eigenvalue weighted by Gasteiger charge is -2.28. The lowest BCUT2D eigenvalue weighted by Crippen LogP contribution is -2.37. The molecule has 0 saturated heterocycles. The minimum atomic E-state index is -0.382. The predicted molar refractivity (Wildman–Crippen MR) is 149 cm³/mol. The molecular formula is C29H31N7O3. The van der Waals surface area contributed by atoms with Crippen molar-refractivity contribution < 1.29 is 14.7 Å². The molecule has 3 N–H and O–H groups in total. The fraction of sp³-hybridized carbons (Fsp3) is 0.276. The van der Waals surface area contributed by atoms with Gasteiger partial charge in [-0.3, -0.25) is 19.6 Å². The molecule has 0 fully saturated rings. The Balaban J connectivity index is 1.44. The van der Waals surface area contributed by atoms with Crippen LogP contribution in [0.5, 0.6) is 0 Å². The molecule has 1 aliphatic rings. The van der Waals surface area contributed by atoms with Gasteiger partial charge in [0.1, 0.15) is 17.3 Å². The highest BCUT2D eigenvalue weighted by Gasteiger charge is 2.26. The smallest absolute Gasteiger partial charge is 0.270 e. The Labute approximate surface area is 226 Å². The van der Waals surface area contributed by atoms with E-state index in [1.165, 1.54) is 6.20 Å². The summed E-state index contributed by atoms with van der Waals surface area (Å²) in [6.07, 6.45) is 5.68. The lowest BCUT2D eigenvalue weighted by molar-refractivity contribution is -0.130. The Morgan fingerprint density at radius 2 is 1.97 bits per heavy atom. The number of amides is 2. The van der Waals surface area contributed by atoms with Crippen LogP contribution in [0.2, 0.25) is 0 Å². The molecule has 0 aliphatic carbocycles. The number of carbonyl (C=O) groups excluding carboxylic acids is 2. The summed E-state index contributed by atoms with van der Waals surface area (Å²) in [5.74, 6) is 0.720. The molecule has 10 nitrogen and oxygen atoms in total. The van der Waals surface area contributed by atoms with Gasteiger partial charge in [-0.2, -0.15) is 0 Å². The highest BCUT2D eigenvalue weighted by molar-refractivity contribution is 5.97. The van der Waals surface area contributed by atoms with Gasteiger partial charge in [0.05, 0.1) is 30.2 Å². The van der Waals surface area contributed by atoms with Crippen LogP contribution in [0.1, 0.15) is 35.9 Å². The number of imidazole rings is 1. The first kappa shape index (κ1) is 25.9. The maximum absolute atomic E-state index is 12.4. The molecule has 39 heavy (non-hydrogen) atoms. The number of aliphatic hydroxyl groups excluding tert-OH is 1. The number of benzene rings is 1. The highest BCUT2D eigenvalue weighted by atomic mass is 16.3. The van der Waals surface area contributed by atoms with Gasteiger partial charge in [0.15, 0.2) is 0 Å². The molecule has 0 bridgehead atoms. The van der Waals surface area contributed by atoms with Crippen molar-refractivity contribution >= 4 is 22.6 Å². The average molecular weight is 526 g/mol. The monoisotopic (exact) mass is 525 g/mol. The molecular weight excluding hydrogens is 494 g/mol. The zero-order valence-electron chi connectivity index (χ0n) is 22.2. The van der Waals surface area contributed by atoms with Crippen molar-refractivity contribution in [3.8, 4) is 22.5 Å². The van der Waals surface area contributed by atoms with Crippen LogP contribution in [-0.2, 0) is 24.3 Å². The quantitative estimate of drug-likeness (QED) is 0.316. The summed E-state index contributed by atoms with van der Waals surface area (Å²) >= 11 is 0. The van der Waals surface area contributed by atoms with Crippen LogP contribution in [0.3, 0.4) is 0 Å². The third-order valence-corrected chi connectivity index (χ3v) is 6.90. The Morgan fingerprint density at radius 3 is 2.69 bits per heavy atom. The zero-order valence-corrected chi connectivity index (χ0v) is 22.2. The van der Waals surface area contributed by atoms with Gasteiger partial charge in [0, 0.05) is 68.6 Å². The molecule has 2 amide bonds. The number of nitrogens with one attached hydrogen (secondary N) is 2. The standard InChI is InChI=1S/C29H31N7O3/c1-4-27-34-28(26-17-35(18(2)37)10-11-36(26)27)22-7-5-6-19-12-25(32-16-23(19)22)20-8-9-24(31-13-20)29(39)33-15-21(38)14-30-3/h5-9,12-14,16,30,38H,4,10-11,15,17H2,1-3H3,(H,33,39)/b21-14-. The van der Waals surface area contributed by atoms with E-state index in [1.54, 1.807) is 32.3 Å². The van der Waals surface area contributed by atoms with Crippen molar-refractivity contribution in [2.75, 3.05) is 20.1 Å². The van der Waals surface area contributed by atoms with Crippen LogP contribution in [0.4, 0.5) is 0 Å². The number of pyridine rings is 2. The number of aliphatic hydroxyl groups is 1. The van der Waals surface area contributed by atoms with Gasteiger partial charge < -0.3 is 25.2 Å². The molecule has 0 spiro atoms. The maximum Gasteiger partial charge on any atom is 0.270 e. The molecule has 0 saturated carbocycles. The zero-order chi connectivity index (χ0) is 27.5. The third-order valence-electron chi connectivity index (χ3n) is 6.90. The molecule has 0 unspecified atom stereocenters. The van der Waals surface area contributed by atoms with Gasteiger partial charge >= 0.3 is 0 Å². The van der Waals surface area contributed by atoms with Crippen molar-refractivity contribution in [3.05, 3.63) is 78.0 Å². The van der Waals surface area contributed by atoms with E-state index in [1.807, 2.05) is 29.3 Å². The molecule has 0 atom stereocenters. The van der Waals surface area contributed by atoms with Crippen LogP contribution in [0, 0.1) is 0 Å². The fourth-order valence-electron chi connectivity index (χ4n) is 4.89. The summed E-state index contributed by atoms with van der Waals surface area (Å²) in [4.78, 5) is 40.3. The van der Waals surface area contributed by atoms with E-state index in [0.29, 0.717) is 13.1 Å². The van der Waals surface area contributed by atoms with Gasteiger partial charge in [-0.1, -0.05) is 25.1 Å². The molecule has 10 heteroatoms. The first-order valence-corrected chi connectivity index (χ1v) is 12.9. The minimum absolute atomic E-state index is 0.00412. The number of aromatic nitrogens is 4. The molecule has 5 rings (SSSR count). The summed E-state index contributed by atoms with van der Waals surface area (Å²) in [6, 6.07) is 11.5. The van der Waals surface area contributed by atoms with Crippen LogP contribution in [0.25, 0.3) is 33.3 Å². The summed E-state index contributed by atoms with van der Waals surface area (Å²) < 4.78 is 2.25. The largest absolute Gasteiger partial charge is 0.509 e. The molecule has 0 radical (unpaired) electrons. The van der Waals surface area contributed by atoms with Gasteiger partial charge in [-0.05, 0) is 23.6 Å². The highest BCUT2D eigenvalue weighted by Crippen LogP contribution is 2.34. The SMILES string of the molecule is CCc1nc(-c2cccc3cc(-c4ccc(C(=O)NC/C(O)=C/NC)nc4)ncc23)c2n1CCN(C(C)=O)C2. The number of rotatable bonds is 7. The van der Waals surface area contributed by atoms with Gasteiger partial charge in [-0.25, -0.2) is 4.98 Å². The Hall–Kier alpha value is -4.73. The van der Waals surface area contributed by atoms with E-state index in [2.05, 4.69) is 33.2 Å². The van der Waals surface area contributed by atoms with E-state index in [9.17, 15) is 14.7 Å². The van der Waals surface area contributed by atoms with E-state index >= 15 is 0 Å². The van der Waals surface area contributed by atoms with Crippen LogP contribution in [-0.4, -0.2) is 61.5 Å². The molecule has 200 valence electrons. The fourth-order valence-corrected chi connectivity index (χ4v) is 4.89. The van der Waals surface area contributed by atoms with Crippen molar-refractivity contribution in [1.29, 1.82) is 0 Å². The maximum atomic E-state index is 12.4. The van der Waals surface area contributed by atoms with Crippen molar-refractivity contribution in [1.82, 2.24) is 35.1 Å². The number of carbonyl (C=O) groups is 2. The first-order valence-electron chi connectivity index (χ1n) is 12.9. The lowest BCUT2D eigenvalue weighted by atomic mass is 10.0. The van der Waals surface area contributed by atoms with E-state index in [0.717, 1.165) is 57.8 Å². The second-order valence-electron chi connectivity index (χ2n) is 9.40. The molecule has 4 heterocycles. The van der Waals surface area contributed by atoms with Crippen molar-refractivity contribution in [2.24, 2.45) is 0 Å². The number of hydrogen-bond acceptors (Lipinski definition) is 7. The summed E-state index contributed by atoms with van der Waals surface area (Å²) in [5.41, 5.74) is 4.69. The van der Waals surface area contributed by atoms with Gasteiger partial charge in [0.25, 0.3) is 5.91 Å². The number of hydrogen-bond donors (Lipinski definition) is 3. The second-order valence-corrected chi connectivity index (χ2v) is 9.40. The summed E-state index contributed by atoms with van der Waals surface area (Å²) in [5, 5.41) is 17.0. The van der Waals surface area contributed by atoms with E-state index in [-0.39, 0.29) is 29.8 Å². The first-order chi connectivity index (χ1) is 18.9. The Kier molecular flexibility index (Phi) is 7.27. The molecule has 3 aromatic heterocycles. The minimum Gasteiger partial charge on any atom is -0.509 e. The number of aryl methyl sites for hydroxylation is 1. The summed E-state index contributed by atoms with van der Waals surface area (Å²) in [6.45, 7) is 5.68. The van der Waals surface area contributed by atoms with E-state index in [4.69, 9.17) is 9.97 Å². The Bertz CT molecular complexity index is 1570. The summed E-state index contributed by atoms with van der Waals surface area (Å²) in [7, 11) is 1.66. The van der Waals surface area contributed by atoms with Gasteiger partial charge in [0.2, 0.25) is 5.91 Å². The molecule has 1 aromatic carbocycles. The van der Waals surface area contributed by atoms with Gasteiger partial charge in [-0.15, -0.1) is 0 Å². The van der Waals surface area contributed by atoms with Crippen LogP contribution >= 0.6 is 0 Å². The molecule has 1 aliphatic heterocycles. The topological polar surface area (TPSA) is 125 Å². The van der Waals surface area contributed by atoms with Crippen LogP contribution < -0.4 is 10.6 Å². The normalized spacial score (nSPS) is 13.3. The number of fused-ring (bicyclic) bond motifs is 2. The Morgan fingerprint density at radius 1 is 1.13 bits per heavy atom. The average Bonchev–Trinajstić information content (AvgIpc) is 3.33. The number of nitrogens with zero attached hydrogens (tertiary/aromatic N) is 5. The third kappa shape index (κ3) is 5.18. The van der Waals surface area contributed by atoms with E-state index < -0.39 is 0 Å². The molecule has 4 aromatic rings. The van der Waals surface area contributed by atoms with Crippen molar-refractivity contribution in [2.45, 2.75) is 33.4 Å². The predicted octanol–water partition coefficient (Wildman–Crippen LogP) is 3.43.